The van der Waals surface area contributed by atoms with Crippen LogP contribution in [-0.2, 0) is 34.5 Å². The van der Waals surface area contributed by atoms with Crippen molar-refractivity contribution in [2.75, 3.05) is 13.1 Å². The molecule has 1 aromatic heterocycles. The molecule has 2 fully saturated rings. The molecule has 3 N–H and O–H groups in total. The Bertz CT molecular complexity index is 1050. The van der Waals surface area contributed by atoms with Crippen molar-refractivity contribution < 1.29 is 29.2 Å². The molecule has 0 unspecified atom stereocenters. The van der Waals surface area contributed by atoms with Crippen molar-refractivity contribution in [3.8, 4) is 0 Å². The van der Waals surface area contributed by atoms with Crippen LogP contribution in [-0.4, -0.2) is 78.9 Å². The van der Waals surface area contributed by atoms with E-state index in [1.54, 1.807) is 6.92 Å². The van der Waals surface area contributed by atoms with E-state index in [1.807, 2.05) is 35.8 Å². The molecule has 4 aliphatic heterocycles. The Morgan fingerprint density at radius 3 is 2.79 bits per heavy atom. The molecular weight excluding hydrogens is 446 g/mol. The van der Waals surface area contributed by atoms with E-state index in [4.69, 9.17) is 0 Å². The van der Waals surface area contributed by atoms with Crippen molar-refractivity contribution in [3.05, 3.63) is 28.8 Å². The highest BCUT2D eigenvalue weighted by molar-refractivity contribution is 8.03. The molecule has 33 heavy (non-hydrogen) atoms. The van der Waals surface area contributed by atoms with Gasteiger partial charge in [-0.05, 0) is 13.3 Å². The lowest BCUT2D eigenvalue weighted by molar-refractivity contribution is -0.680. The van der Waals surface area contributed by atoms with Gasteiger partial charge in [0, 0.05) is 22.6 Å². The minimum Gasteiger partial charge on any atom is -0.477 e. The van der Waals surface area contributed by atoms with Crippen molar-refractivity contribution in [3.63, 3.8) is 0 Å². The number of aliphatic hydroxyl groups excluding tert-OH is 1. The van der Waals surface area contributed by atoms with Crippen LogP contribution in [0, 0.1) is 11.8 Å². The number of fused-ring (bicyclic) bond motifs is 2. The summed E-state index contributed by atoms with van der Waals surface area (Å²) in [6, 6.07) is -0.619. The first-order chi connectivity index (χ1) is 15.7. The number of aromatic nitrogens is 2. The molecule has 5 rings (SSSR count). The molecule has 1 aromatic rings. The van der Waals surface area contributed by atoms with Crippen molar-refractivity contribution in [1.82, 2.24) is 19.7 Å². The van der Waals surface area contributed by atoms with Gasteiger partial charge in [-0.1, -0.05) is 6.92 Å². The largest absolute Gasteiger partial charge is 0.477 e. The fourth-order valence-corrected chi connectivity index (χ4v) is 7.17. The summed E-state index contributed by atoms with van der Waals surface area (Å²) in [5.41, 5.74) is 0.0402. The van der Waals surface area contributed by atoms with Gasteiger partial charge in [0.05, 0.1) is 37.7 Å². The van der Waals surface area contributed by atoms with Crippen LogP contribution in [0.1, 0.15) is 26.1 Å². The maximum absolute atomic E-state index is 13.2. The number of nitrogens with zero attached hydrogens (tertiary/aromatic N) is 4. The van der Waals surface area contributed by atoms with Gasteiger partial charge in [0.15, 0.2) is 0 Å². The molecule has 0 spiro atoms. The van der Waals surface area contributed by atoms with Crippen LogP contribution in [0.15, 0.2) is 23.0 Å². The number of carbonyl (C=O) groups is 3. The topological polar surface area (TPSA) is 119 Å². The van der Waals surface area contributed by atoms with Gasteiger partial charge in [0.1, 0.15) is 31.2 Å². The molecule has 0 bridgehead atoms. The van der Waals surface area contributed by atoms with Gasteiger partial charge < -0.3 is 25.3 Å². The zero-order chi connectivity index (χ0) is 23.6. The third-order valence-corrected chi connectivity index (χ3v) is 8.97. The Labute approximate surface area is 196 Å². The predicted molar refractivity (Wildman–Crippen MR) is 118 cm³/mol. The van der Waals surface area contributed by atoms with Gasteiger partial charge in [-0.3, -0.25) is 9.59 Å². The lowest BCUT2D eigenvalue weighted by Crippen LogP contribution is -2.63. The fraction of sp³-hybridized carbons (Fsp3) is 0.636. The highest BCUT2D eigenvalue weighted by Crippen LogP contribution is 2.51. The average Bonchev–Trinajstić information content (AvgIpc) is 3.44. The number of nitrogens with one attached hydrogen (secondary N) is 1. The van der Waals surface area contributed by atoms with Crippen molar-refractivity contribution >= 4 is 29.5 Å². The number of hydrogen-bond acceptors (Lipinski definition) is 6. The first kappa shape index (κ1) is 22.4. The third-order valence-electron chi connectivity index (χ3n) is 7.46. The second kappa shape index (κ2) is 8.14. The number of aliphatic hydroxyl groups is 1. The van der Waals surface area contributed by atoms with Crippen LogP contribution >= 0.6 is 11.8 Å². The zero-order valence-electron chi connectivity index (χ0n) is 19.0. The van der Waals surface area contributed by atoms with Crippen molar-refractivity contribution in [2.45, 2.75) is 56.8 Å². The Hall–Kier alpha value is -2.37. The normalized spacial score (nSPS) is 32.0. The summed E-state index contributed by atoms with van der Waals surface area (Å²) in [4.78, 5) is 41.6. The van der Waals surface area contributed by atoms with Crippen LogP contribution in [0.2, 0.25) is 0 Å². The molecule has 6 atom stereocenters. The Morgan fingerprint density at radius 2 is 2.09 bits per heavy atom. The summed E-state index contributed by atoms with van der Waals surface area (Å²) in [6.45, 7) is 6.11. The number of aliphatic carboxylic acids is 1. The second-order valence-corrected chi connectivity index (χ2v) is 10.8. The van der Waals surface area contributed by atoms with Crippen molar-refractivity contribution in [2.24, 2.45) is 18.9 Å². The first-order valence-electron chi connectivity index (χ1n) is 11.4. The van der Waals surface area contributed by atoms with E-state index in [0.717, 1.165) is 12.4 Å². The molecular formula is C22H30N5O5S+. The van der Waals surface area contributed by atoms with Crippen LogP contribution in [0.3, 0.4) is 0 Å². The predicted octanol–water partition coefficient (Wildman–Crippen LogP) is -0.728. The van der Waals surface area contributed by atoms with Gasteiger partial charge in [0.2, 0.25) is 11.8 Å². The molecule has 0 radical (unpaired) electrons. The van der Waals surface area contributed by atoms with E-state index >= 15 is 0 Å². The number of carboxylic acids is 1. The summed E-state index contributed by atoms with van der Waals surface area (Å²) >= 11 is 1.46. The van der Waals surface area contributed by atoms with Crippen molar-refractivity contribution in [1.29, 1.82) is 0 Å². The van der Waals surface area contributed by atoms with Crippen LogP contribution in [0.4, 0.5) is 0 Å². The molecule has 4 aliphatic rings. The van der Waals surface area contributed by atoms with Gasteiger partial charge in [0.25, 0.3) is 5.82 Å². The summed E-state index contributed by atoms with van der Waals surface area (Å²) < 4.78 is 4.20. The van der Waals surface area contributed by atoms with Crippen LogP contribution in [0.25, 0.3) is 0 Å². The Morgan fingerprint density at radius 1 is 1.33 bits per heavy atom. The number of carboxylic acid groups (broad SMARTS) is 1. The monoisotopic (exact) mass is 476 g/mol. The van der Waals surface area contributed by atoms with Gasteiger partial charge >= 0.3 is 5.97 Å². The highest BCUT2D eigenvalue weighted by atomic mass is 32.2. The summed E-state index contributed by atoms with van der Waals surface area (Å²) in [5, 5.41) is 23.2. The zero-order valence-corrected chi connectivity index (χ0v) is 19.8. The number of β-lactam (4-membered cyclic amide) rings is 1. The number of aryl methyl sites for hydroxylation is 1. The fourth-order valence-electron chi connectivity index (χ4n) is 5.69. The summed E-state index contributed by atoms with van der Waals surface area (Å²) in [6.07, 6.45) is 3.82. The Kier molecular flexibility index (Phi) is 5.53. The van der Waals surface area contributed by atoms with Gasteiger partial charge in [-0.2, -0.15) is 0 Å². The van der Waals surface area contributed by atoms with E-state index in [2.05, 4.69) is 9.88 Å². The van der Waals surface area contributed by atoms with E-state index in [9.17, 15) is 24.6 Å². The van der Waals surface area contributed by atoms with E-state index in [0.29, 0.717) is 31.0 Å². The molecule has 5 heterocycles. The molecule has 11 heteroatoms. The number of thioether (sulfide) groups is 1. The lowest BCUT2D eigenvalue weighted by atomic mass is 9.79. The minimum atomic E-state index is -1.12. The maximum Gasteiger partial charge on any atom is 0.353 e. The molecule has 0 saturated carbocycles. The minimum absolute atomic E-state index is 0.0364. The molecule has 10 nitrogen and oxygen atoms in total. The van der Waals surface area contributed by atoms with E-state index in [1.165, 1.54) is 16.7 Å². The first-order valence-corrected chi connectivity index (χ1v) is 12.3. The summed E-state index contributed by atoms with van der Waals surface area (Å²) in [5.74, 6) is -1.00. The summed E-state index contributed by atoms with van der Waals surface area (Å²) in [7, 11) is 1.98. The number of rotatable bonds is 5. The molecule has 0 aromatic carbocycles. The van der Waals surface area contributed by atoms with Gasteiger partial charge in [-0.25, -0.2) is 13.9 Å². The highest BCUT2D eigenvalue weighted by Gasteiger charge is 2.60. The lowest BCUT2D eigenvalue weighted by Gasteiger charge is -2.46. The van der Waals surface area contributed by atoms with E-state index < -0.39 is 18.0 Å². The molecule has 2 saturated heterocycles. The number of amides is 2. The SMILES string of the molecule is C[C@@H](O)[C@H]1C(=O)N2C(C(=O)O)=C(S[C@@H]3CN[C@H](C(=O)N4CCn5cc[n+](C)c5C4)C3)[C@H](C)[C@H]12. The van der Waals surface area contributed by atoms with Crippen LogP contribution in [0.5, 0.6) is 0 Å². The van der Waals surface area contributed by atoms with Crippen LogP contribution < -0.4 is 9.88 Å². The molecule has 2 amide bonds. The second-order valence-electron chi connectivity index (χ2n) is 9.49. The maximum atomic E-state index is 13.2. The molecule has 178 valence electrons. The Balaban J connectivity index is 1.27. The standard InChI is InChI=1S/C22H29N5O5S/c1-11-17-16(12(2)28)21(30)27(17)18(22(31)32)19(11)33-13-8-14(23-9-13)20(29)26-7-6-25-5-4-24(3)15(25)10-26/h4-5,11-14,16-17,23,28H,6-10H2,1-3H3/p+1/t11-,12-,13+,14+,16-,17-/m1/s1. The van der Waals surface area contributed by atoms with Gasteiger partial charge in [-0.15, -0.1) is 11.8 Å². The van der Waals surface area contributed by atoms with E-state index in [-0.39, 0.29) is 40.8 Å². The average molecular weight is 477 g/mol. The number of imidazole rings is 1. The third kappa shape index (κ3) is 3.48. The molecule has 0 aliphatic carbocycles. The quantitative estimate of drug-likeness (QED) is 0.379. The number of carbonyl (C=O) groups excluding carboxylic acids is 2. The smallest absolute Gasteiger partial charge is 0.353 e. The number of hydrogen-bond donors (Lipinski definition) is 3.